The molecule has 27 heavy (non-hydrogen) atoms. The van der Waals surface area contributed by atoms with Crippen molar-refractivity contribution in [1.29, 1.82) is 0 Å². The van der Waals surface area contributed by atoms with E-state index in [0.717, 1.165) is 45.0 Å². The van der Waals surface area contributed by atoms with Crippen LogP contribution in [0.1, 0.15) is 45.4 Å². The Hall–Kier alpha value is -0.610. The lowest BCUT2D eigenvalue weighted by molar-refractivity contribution is -0.171. The first-order chi connectivity index (χ1) is 12.6. The van der Waals surface area contributed by atoms with Gasteiger partial charge in [-0.3, -0.25) is 14.7 Å². The molecular weight excluding hydrogens is 457 g/mol. The minimum absolute atomic E-state index is 0. The van der Waals surface area contributed by atoms with E-state index in [9.17, 15) is 4.79 Å². The fourth-order valence-electron chi connectivity index (χ4n) is 5.54. The van der Waals surface area contributed by atoms with E-state index in [1.165, 1.54) is 25.7 Å². The summed E-state index contributed by atoms with van der Waals surface area (Å²) in [5, 5.41) is 7.43. The average molecular weight is 491 g/mol. The molecule has 154 valence electrons. The molecule has 4 rings (SSSR count). The molecule has 2 aliphatic heterocycles. The number of amides is 1. The van der Waals surface area contributed by atoms with Gasteiger partial charge in [-0.2, -0.15) is 0 Å². The number of carbonyl (C=O) groups is 1. The minimum Gasteiger partial charge on any atom is -0.377 e. The van der Waals surface area contributed by atoms with E-state index in [0.29, 0.717) is 36.1 Å². The third kappa shape index (κ3) is 4.07. The van der Waals surface area contributed by atoms with Gasteiger partial charge in [-0.15, -0.1) is 24.0 Å². The van der Waals surface area contributed by atoms with Crippen LogP contribution in [0.5, 0.6) is 0 Å². The predicted octanol–water partition coefficient (Wildman–Crippen LogP) is 1.07. The zero-order chi connectivity index (χ0) is 18.1. The molecule has 3 unspecified atom stereocenters. The lowest BCUT2D eigenvalue weighted by atomic mass is 9.46. The summed E-state index contributed by atoms with van der Waals surface area (Å²) in [7, 11) is 0. The second-order valence-corrected chi connectivity index (χ2v) is 8.44. The van der Waals surface area contributed by atoms with E-state index in [4.69, 9.17) is 15.5 Å². The zero-order valence-corrected chi connectivity index (χ0v) is 18.6. The number of ether oxygens (including phenoxy) is 1. The fourth-order valence-corrected chi connectivity index (χ4v) is 5.54. The number of nitrogens with one attached hydrogen (secondary N) is 2. The van der Waals surface area contributed by atoms with Gasteiger partial charge in [0.05, 0.1) is 12.6 Å². The number of piperidine rings is 1. The Balaban J connectivity index is 0.00000210. The van der Waals surface area contributed by atoms with Crippen molar-refractivity contribution in [2.45, 2.75) is 63.6 Å². The van der Waals surface area contributed by atoms with Gasteiger partial charge in [0.2, 0.25) is 5.91 Å². The lowest BCUT2D eigenvalue weighted by Crippen LogP contribution is -2.72. The number of aliphatic imine (C=N–C) groups is 1. The summed E-state index contributed by atoms with van der Waals surface area (Å²) in [5.41, 5.74) is 5.67. The molecule has 1 spiro atoms. The Morgan fingerprint density at radius 1 is 1.26 bits per heavy atom. The molecule has 4 fully saturated rings. The predicted molar refractivity (Wildman–Crippen MR) is 116 cm³/mol. The van der Waals surface area contributed by atoms with Crippen LogP contribution < -0.4 is 16.4 Å². The van der Waals surface area contributed by atoms with E-state index in [1.54, 1.807) is 0 Å². The van der Waals surface area contributed by atoms with E-state index >= 15 is 0 Å². The molecule has 2 heterocycles. The highest BCUT2D eigenvalue weighted by Crippen LogP contribution is 2.62. The molecule has 0 aromatic rings. The molecule has 0 radical (unpaired) electrons. The molecule has 1 amide bonds. The number of likely N-dealkylation sites (tertiary alicyclic amines) is 1. The van der Waals surface area contributed by atoms with Gasteiger partial charge >= 0.3 is 0 Å². The van der Waals surface area contributed by atoms with Crippen LogP contribution in [0.3, 0.4) is 0 Å². The van der Waals surface area contributed by atoms with Crippen molar-refractivity contribution in [3.63, 3.8) is 0 Å². The summed E-state index contributed by atoms with van der Waals surface area (Å²) < 4.78 is 6.03. The fraction of sp³-hybridized carbons (Fsp3) is 0.895. The van der Waals surface area contributed by atoms with Gasteiger partial charge in [0.15, 0.2) is 5.96 Å². The maximum Gasteiger partial charge on any atom is 0.231 e. The van der Waals surface area contributed by atoms with Crippen LogP contribution in [0, 0.1) is 11.3 Å². The Kier molecular flexibility index (Phi) is 6.89. The van der Waals surface area contributed by atoms with Gasteiger partial charge in [0, 0.05) is 49.7 Å². The lowest BCUT2D eigenvalue weighted by Gasteiger charge is -2.63. The van der Waals surface area contributed by atoms with Gasteiger partial charge in [0.1, 0.15) is 0 Å². The number of halogens is 1. The number of nitrogens with zero attached hydrogens (tertiary/aromatic N) is 2. The van der Waals surface area contributed by atoms with E-state index in [1.807, 2.05) is 0 Å². The van der Waals surface area contributed by atoms with Crippen molar-refractivity contribution in [1.82, 2.24) is 15.5 Å². The molecule has 7 nitrogen and oxygen atoms in total. The highest BCUT2D eigenvalue weighted by molar-refractivity contribution is 14.0. The second-order valence-electron chi connectivity index (χ2n) is 8.44. The van der Waals surface area contributed by atoms with Crippen molar-refractivity contribution >= 4 is 35.8 Å². The van der Waals surface area contributed by atoms with Crippen molar-refractivity contribution in [3.8, 4) is 0 Å². The molecule has 0 bridgehead atoms. The quantitative estimate of drug-likeness (QED) is 0.304. The zero-order valence-electron chi connectivity index (χ0n) is 16.3. The van der Waals surface area contributed by atoms with Crippen LogP contribution in [0.4, 0.5) is 0 Å². The number of hydrogen-bond donors (Lipinski definition) is 3. The normalized spacial score (nSPS) is 32.8. The van der Waals surface area contributed by atoms with Crippen LogP contribution in [0.15, 0.2) is 4.99 Å². The maximum absolute atomic E-state index is 11.1. The van der Waals surface area contributed by atoms with Crippen LogP contribution in [-0.4, -0.2) is 67.7 Å². The minimum atomic E-state index is -0.240. The average Bonchev–Trinajstić information content (AvgIpc) is 2.98. The Labute approximate surface area is 179 Å². The molecule has 2 saturated heterocycles. The maximum atomic E-state index is 11.1. The molecule has 8 heteroatoms. The number of rotatable bonds is 5. The number of guanidine groups is 1. The second kappa shape index (κ2) is 8.82. The van der Waals surface area contributed by atoms with Gasteiger partial charge in [-0.1, -0.05) is 6.42 Å². The summed E-state index contributed by atoms with van der Waals surface area (Å²) in [4.78, 5) is 17.9. The molecular formula is C19H34IN5O2. The standard InChI is InChI=1S/C19H33N5O2.HI/c1-2-21-18(22-13-4-9-24(10-5-13)12-15(20)25)23-16-14-6-11-26-17(14)19(16)7-3-8-19;/h13-14,16-17H,2-12H2,1H3,(H2,20,25)(H2,21,22,23);1H. The summed E-state index contributed by atoms with van der Waals surface area (Å²) in [5.74, 6) is 1.37. The van der Waals surface area contributed by atoms with Gasteiger partial charge in [0.25, 0.3) is 0 Å². The molecule has 2 aliphatic carbocycles. The molecule has 2 saturated carbocycles. The molecule has 3 atom stereocenters. The number of hydrogen-bond acceptors (Lipinski definition) is 4. The van der Waals surface area contributed by atoms with Crippen molar-refractivity contribution in [2.24, 2.45) is 22.1 Å². The summed E-state index contributed by atoms with van der Waals surface area (Å²) in [6.07, 6.45) is 7.60. The van der Waals surface area contributed by atoms with Crippen LogP contribution in [0.2, 0.25) is 0 Å². The van der Waals surface area contributed by atoms with Gasteiger partial charge < -0.3 is 21.1 Å². The number of fused-ring (bicyclic) bond motifs is 2. The van der Waals surface area contributed by atoms with Gasteiger partial charge in [-0.25, -0.2) is 0 Å². The van der Waals surface area contributed by atoms with Crippen LogP contribution in [-0.2, 0) is 9.53 Å². The molecule has 4 aliphatic rings. The summed E-state index contributed by atoms with van der Waals surface area (Å²) >= 11 is 0. The van der Waals surface area contributed by atoms with Crippen molar-refractivity contribution in [2.75, 3.05) is 32.8 Å². The van der Waals surface area contributed by atoms with E-state index in [-0.39, 0.29) is 29.9 Å². The van der Waals surface area contributed by atoms with Gasteiger partial charge in [-0.05, 0) is 39.0 Å². The first-order valence-electron chi connectivity index (χ1n) is 10.3. The molecule has 0 aromatic carbocycles. The first-order valence-corrected chi connectivity index (χ1v) is 10.3. The topological polar surface area (TPSA) is 92.0 Å². The Bertz CT molecular complexity index is 560. The Morgan fingerprint density at radius 3 is 2.59 bits per heavy atom. The summed E-state index contributed by atoms with van der Waals surface area (Å²) in [6.45, 7) is 5.97. The largest absolute Gasteiger partial charge is 0.377 e. The van der Waals surface area contributed by atoms with Crippen molar-refractivity contribution in [3.05, 3.63) is 0 Å². The van der Waals surface area contributed by atoms with E-state index in [2.05, 4.69) is 22.5 Å². The SMILES string of the molecule is CCN=C(NC1CCN(CC(N)=O)CC1)NC1C2CCOC2C12CCC2.I. The highest BCUT2D eigenvalue weighted by atomic mass is 127. The molecule has 0 aromatic heterocycles. The Morgan fingerprint density at radius 2 is 2.00 bits per heavy atom. The number of nitrogens with two attached hydrogens (primary N) is 1. The highest BCUT2D eigenvalue weighted by Gasteiger charge is 2.66. The molecule has 4 N–H and O–H groups in total. The number of carbonyl (C=O) groups excluding carboxylic acids is 1. The first kappa shape index (κ1) is 21.1. The van der Waals surface area contributed by atoms with Crippen LogP contribution >= 0.6 is 24.0 Å². The van der Waals surface area contributed by atoms with E-state index < -0.39 is 0 Å². The van der Waals surface area contributed by atoms with Crippen molar-refractivity contribution < 1.29 is 9.53 Å². The summed E-state index contributed by atoms with van der Waals surface area (Å²) in [6, 6.07) is 0.918. The van der Waals surface area contributed by atoms with Crippen LogP contribution in [0.25, 0.3) is 0 Å². The third-order valence-electron chi connectivity index (χ3n) is 6.95. The number of primary amides is 1. The monoisotopic (exact) mass is 491 g/mol. The third-order valence-corrected chi connectivity index (χ3v) is 6.95. The smallest absolute Gasteiger partial charge is 0.231 e.